The fraction of sp³-hybridized carbons (Fsp3) is 1.00. The van der Waals surface area contributed by atoms with Gasteiger partial charge in [0.25, 0.3) is 0 Å². The van der Waals surface area contributed by atoms with Gasteiger partial charge < -0.3 is 9.47 Å². The first-order valence-electron chi connectivity index (χ1n) is 3.12. The van der Waals surface area contributed by atoms with Crippen molar-refractivity contribution in [3.05, 3.63) is 0 Å². The predicted molar refractivity (Wildman–Crippen MR) is 32.6 cm³/mol. The molecule has 9 heavy (non-hydrogen) atoms. The van der Waals surface area contributed by atoms with Crippen molar-refractivity contribution in [1.82, 2.24) is 0 Å². The first-order valence-corrected chi connectivity index (χ1v) is 3.12. The largest absolute Gasteiger partial charge is 0.353 e. The second kappa shape index (κ2) is 6.01. The van der Waals surface area contributed by atoms with E-state index in [9.17, 15) is 5.11 Å². The molecule has 0 bridgehead atoms. The summed E-state index contributed by atoms with van der Waals surface area (Å²) in [6.07, 6.45) is -0.232. The minimum absolute atomic E-state index is 0.197. The molecule has 0 aromatic carbocycles. The summed E-state index contributed by atoms with van der Waals surface area (Å²) in [7, 11) is 0. The highest BCUT2D eigenvalue weighted by Gasteiger charge is 1.97. The maximum atomic E-state index is 9.86. The molecule has 3 nitrogen and oxygen atoms in total. The van der Waals surface area contributed by atoms with Crippen LogP contribution in [0.3, 0.4) is 0 Å². The van der Waals surface area contributed by atoms with Crippen LogP contribution in [0.2, 0.25) is 0 Å². The van der Waals surface area contributed by atoms with Crippen LogP contribution < -0.4 is 0 Å². The highest BCUT2D eigenvalue weighted by atomic mass is 16.7. The summed E-state index contributed by atoms with van der Waals surface area (Å²) in [5, 5.41) is 9.86. The quantitative estimate of drug-likeness (QED) is 0.521. The third kappa shape index (κ3) is 5.76. The molecule has 0 aromatic rings. The molecule has 3 heteroatoms. The van der Waals surface area contributed by atoms with Gasteiger partial charge in [0.15, 0.2) is 6.29 Å². The van der Waals surface area contributed by atoms with Crippen molar-refractivity contribution in [2.75, 3.05) is 19.8 Å². The van der Waals surface area contributed by atoms with Gasteiger partial charge >= 0.3 is 0 Å². The lowest BCUT2D eigenvalue weighted by Crippen LogP contribution is -2.14. The molecular weight excluding hydrogens is 120 g/mol. The fourth-order valence-electron chi connectivity index (χ4n) is 0.497. The highest BCUT2D eigenvalue weighted by molar-refractivity contribution is 4.29. The van der Waals surface area contributed by atoms with E-state index in [1.165, 1.54) is 0 Å². The monoisotopic (exact) mass is 133 g/mol. The smallest absolute Gasteiger partial charge is 0.154 e. The van der Waals surface area contributed by atoms with Gasteiger partial charge in [-0.3, -0.25) is 0 Å². The second-order valence-corrected chi connectivity index (χ2v) is 1.60. The zero-order valence-electron chi connectivity index (χ0n) is 5.92. The first-order chi connectivity index (χ1) is 4.31. The fourth-order valence-corrected chi connectivity index (χ4v) is 0.497. The summed E-state index contributed by atoms with van der Waals surface area (Å²) in [6.45, 7) is 4.33. The molecule has 0 saturated heterocycles. The van der Waals surface area contributed by atoms with Gasteiger partial charge in [-0.25, -0.2) is 5.11 Å². The Balaban J connectivity index is 2.95. The van der Waals surface area contributed by atoms with Crippen molar-refractivity contribution in [2.24, 2.45) is 0 Å². The van der Waals surface area contributed by atoms with E-state index in [0.717, 1.165) is 0 Å². The van der Waals surface area contributed by atoms with Gasteiger partial charge in [-0.15, -0.1) is 0 Å². The Morgan fingerprint density at radius 2 is 2.11 bits per heavy atom. The summed E-state index contributed by atoms with van der Waals surface area (Å²) in [6, 6.07) is 0. The topological polar surface area (TPSA) is 38.4 Å². The van der Waals surface area contributed by atoms with Crippen LogP contribution >= 0.6 is 0 Å². The standard InChI is InChI=1S/C6H13O3/c1-3-8-6(2)9-5-4-7/h6H,3-5H2,1-2H3. The van der Waals surface area contributed by atoms with Crippen molar-refractivity contribution >= 4 is 0 Å². The summed E-state index contributed by atoms with van der Waals surface area (Å²) < 4.78 is 9.88. The van der Waals surface area contributed by atoms with Gasteiger partial charge in [-0.05, 0) is 13.8 Å². The maximum absolute atomic E-state index is 9.86. The molecule has 55 valence electrons. The van der Waals surface area contributed by atoms with E-state index in [-0.39, 0.29) is 19.5 Å². The van der Waals surface area contributed by atoms with Gasteiger partial charge in [0.2, 0.25) is 0 Å². The number of hydrogen-bond donors (Lipinski definition) is 0. The molecular formula is C6H13O3. The maximum Gasteiger partial charge on any atom is 0.154 e. The third-order valence-corrected chi connectivity index (χ3v) is 0.837. The lowest BCUT2D eigenvalue weighted by atomic mass is 10.7. The zero-order chi connectivity index (χ0) is 7.11. The van der Waals surface area contributed by atoms with E-state index in [4.69, 9.17) is 9.47 Å². The van der Waals surface area contributed by atoms with Gasteiger partial charge in [-0.2, -0.15) is 0 Å². The molecule has 0 spiro atoms. The first kappa shape index (κ1) is 8.88. The van der Waals surface area contributed by atoms with Gasteiger partial charge in [0.1, 0.15) is 6.61 Å². The Bertz CT molecular complexity index is 56.3. The normalized spacial score (nSPS) is 13.7. The second-order valence-electron chi connectivity index (χ2n) is 1.60. The molecule has 0 aliphatic carbocycles. The zero-order valence-corrected chi connectivity index (χ0v) is 5.92. The molecule has 0 aromatic heterocycles. The summed E-state index contributed by atoms with van der Waals surface area (Å²) in [5.74, 6) is 0. The van der Waals surface area contributed by atoms with E-state index in [1.54, 1.807) is 6.92 Å². The van der Waals surface area contributed by atoms with Crippen molar-refractivity contribution in [3.63, 3.8) is 0 Å². The molecule has 0 saturated carbocycles. The van der Waals surface area contributed by atoms with Crippen LogP contribution in [0.4, 0.5) is 0 Å². The van der Waals surface area contributed by atoms with E-state index < -0.39 is 0 Å². The summed E-state index contributed by atoms with van der Waals surface area (Å²) in [5.41, 5.74) is 0. The highest BCUT2D eigenvalue weighted by Crippen LogP contribution is 1.90. The molecule has 0 amide bonds. The average Bonchev–Trinajstić information content (AvgIpc) is 1.85. The number of ether oxygens (including phenoxy) is 2. The van der Waals surface area contributed by atoms with Gasteiger partial charge in [0, 0.05) is 6.61 Å². The van der Waals surface area contributed by atoms with Crippen LogP contribution in [0, 0.1) is 0 Å². The molecule has 1 atom stereocenters. The van der Waals surface area contributed by atoms with Crippen LogP contribution in [0.15, 0.2) is 0 Å². The molecule has 0 N–H and O–H groups in total. The van der Waals surface area contributed by atoms with Crippen molar-refractivity contribution < 1.29 is 14.6 Å². The lowest BCUT2D eigenvalue weighted by Gasteiger charge is -2.10. The van der Waals surface area contributed by atoms with Crippen LogP contribution in [-0.2, 0) is 14.6 Å². The molecule has 1 unspecified atom stereocenters. The Morgan fingerprint density at radius 3 is 2.56 bits per heavy atom. The molecule has 0 aliphatic heterocycles. The van der Waals surface area contributed by atoms with Crippen LogP contribution in [-0.4, -0.2) is 26.1 Å². The van der Waals surface area contributed by atoms with Crippen LogP contribution in [0.1, 0.15) is 13.8 Å². The Morgan fingerprint density at radius 1 is 1.44 bits per heavy atom. The van der Waals surface area contributed by atoms with Crippen molar-refractivity contribution in [3.8, 4) is 0 Å². The predicted octanol–water partition coefficient (Wildman–Crippen LogP) is 0.816. The molecule has 0 fully saturated rings. The lowest BCUT2D eigenvalue weighted by molar-refractivity contribution is -0.135. The Labute approximate surface area is 55.6 Å². The van der Waals surface area contributed by atoms with Gasteiger partial charge in [0.05, 0.1) is 6.61 Å². The summed E-state index contributed by atoms with van der Waals surface area (Å²) >= 11 is 0. The Hall–Kier alpha value is -0.120. The number of hydrogen-bond acceptors (Lipinski definition) is 2. The van der Waals surface area contributed by atoms with E-state index in [2.05, 4.69) is 0 Å². The van der Waals surface area contributed by atoms with Crippen molar-refractivity contribution in [2.45, 2.75) is 20.1 Å². The number of rotatable bonds is 5. The third-order valence-electron chi connectivity index (χ3n) is 0.837. The van der Waals surface area contributed by atoms with Crippen LogP contribution in [0.25, 0.3) is 0 Å². The minimum atomic E-state index is -0.232. The molecule has 0 heterocycles. The molecule has 0 aliphatic rings. The van der Waals surface area contributed by atoms with Crippen molar-refractivity contribution in [1.29, 1.82) is 0 Å². The van der Waals surface area contributed by atoms with Crippen LogP contribution in [0.5, 0.6) is 0 Å². The van der Waals surface area contributed by atoms with E-state index >= 15 is 0 Å². The molecule has 0 rings (SSSR count). The van der Waals surface area contributed by atoms with E-state index in [1.807, 2.05) is 6.92 Å². The SMILES string of the molecule is CCOC(C)OCC[O]. The molecule has 1 radical (unpaired) electrons. The average molecular weight is 133 g/mol. The minimum Gasteiger partial charge on any atom is -0.353 e. The summed E-state index contributed by atoms with van der Waals surface area (Å²) in [4.78, 5) is 0. The van der Waals surface area contributed by atoms with Gasteiger partial charge in [-0.1, -0.05) is 0 Å². The van der Waals surface area contributed by atoms with E-state index in [0.29, 0.717) is 6.61 Å². The Kier molecular flexibility index (Phi) is 5.93.